The van der Waals surface area contributed by atoms with Crippen LogP contribution in [-0.4, -0.2) is 34.0 Å². The standard InChI is InChI=1S/C29H35NO5S2/c1-5-7-8-9-10-11-20(4)35-24-15-13-21(16-25(24)34-6-2)17-26-27(31)30(29(36)37-26)22-14-12-19(3)23(18-22)28(32)33/h12-18,20H,5-11H2,1-4H3,(H,32,33)/b26-17+/t20-/m1/s1. The number of rotatable bonds is 13. The lowest BCUT2D eigenvalue weighted by Crippen LogP contribution is -2.27. The van der Waals surface area contributed by atoms with Gasteiger partial charge in [0.05, 0.1) is 28.9 Å². The summed E-state index contributed by atoms with van der Waals surface area (Å²) in [5.41, 5.74) is 1.99. The van der Waals surface area contributed by atoms with E-state index in [1.165, 1.54) is 48.4 Å². The number of benzene rings is 2. The van der Waals surface area contributed by atoms with E-state index in [2.05, 4.69) is 13.8 Å². The Balaban J connectivity index is 1.76. The zero-order chi connectivity index (χ0) is 26.9. The first-order valence-electron chi connectivity index (χ1n) is 12.8. The highest BCUT2D eigenvalue weighted by Gasteiger charge is 2.34. The minimum absolute atomic E-state index is 0.0770. The highest BCUT2D eigenvalue weighted by molar-refractivity contribution is 8.27. The fourth-order valence-corrected chi connectivity index (χ4v) is 5.41. The van der Waals surface area contributed by atoms with Crippen molar-refractivity contribution < 1.29 is 24.2 Å². The van der Waals surface area contributed by atoms with Crippen LogP contribution in [0.3, 0.4) is 0 Å². The Bertz CT molecular complexity index is 1180. The summed E-state index contributed by atoms with van der Waals surface area (Å²) in [6.45, 7) is 8.43. The molecule has 0 bridgehead atoms. The van der Waals surface area contributed by atoms with Crippen molar-refractivity contribution in [3.8, 4) is 11.5 Å². The number of nitrogens with zero attached hydrogens (tertiary/aromatic N) is 1. The van der Waals surface area contributed by atoms with Crippen molar-refractivity contribution in [1.82, 2.24) is 0 Å². The fraction of sp³-hybridized carbons (Fsp3) is 0.414. The number of carbonyl (C=O) groups is 2. The molecular formula is C29H35NO5S2. The number of carbonyl (C=O) groups excluding carboxylic acids is 1. The van der Waals surface area contributed by atoms with Crippen molar-refractivity contribution in [2.24, 2.45) is 0 Å². The van der Waals surface area contributed by atoms with Gasteiger partial charge in [0.1, 0.15) is 0 Å². The minimum Gasteiger partial charge on any atom is -0.490 e. The topological polar surface area (TPSA) is 76.1 Å². The van der Waals surface area contributed by atoms with E-state index >= 15 is 0 Å². The van der Waals surface area contributed by atoms with Gasteiger partial charge in [-0.25, -0.2) is 4.79 Å². The quantitative estimate of drug-likeness (QED) is 0.159. The summed E-state index contributed by atoms with van der Waals surface area (Å²) >= 11 is 6.65. The van der Waals surface area contributed by atoms with Gasteiger partial charge in [-0.1, -0.05) is 68.7 Å². The Hall–Kier alpha value is -2.84. The maximum atomic E-state index is 13.2. The summed E-state index contributed by atoms with van der Waals surface area (Å²) in [7, 11) is 0. The van der Waals surface area contributed by atoms with Crippen molar-refractivity contribution >= 4 is 51.9 Å². The zero-order valence-corrected chi connectivity index (χ0v) is 23.5. The molecule has 2 aromatic carbocycles. The average Bonchev–Trinajstić information content (AvgIpc) is 3.13. The van der Waals surface area contributed by atoms with Gasteiger partial charge < -0.3 is 14.6 Å². The summed E-state index contributed by atoms with van der Waals surface area (Å²) in [6, 6.07) is 10.5. The molecular weight excluding hydrogens is 506 g/mol. The number of unbranched alkanes of at least 4 members (excludes halogenated alkanes) is 4. The largest absolute Gasteiger partial charge is 0.490 e. The lowest BCUT2D eigenvalue weighted by molar-refractivity contribution is -0.113. The van der Waals surface area contributed by atoms with Gasteiger partial charge in [0, 0.05) is 0 Å². The number of hydrogen-bond acceptors (Lipinski definition) is 6. The molecule has 2 aromatic rings. The molecule has 0 saturated carbocycles. The second-order valence-electron chi connectivity index (χ2n) is 9.09. The van der Waals surface area contributed by atoms with Gasteiger partial charge in [0.25, 0.3) is 5.91 Å². The summed E-state index contributed by atoms with van der Waals surface area (Å²) < 4.78 is 12.4. The molecule has 1 aliphatic heterocycles. The number of anilines is 1. The van der Waals surface area contributed by atoms with Gasteiger partial charge in [0.15, 0.2) is 15.8 Å². The SMILES string of the molecule is CCCCCCC[C@@H](C)Oc1ccc(/C=C2/SC(=S)N(c3ccc(C)c(C(=O)O)c3)C2=O)cc1OCC. The van der Waals surface area contributed by atoms with Crippen molar-refractivity contribution in [2.75, 3.05) is 11.5 Å². The van der Waals surface area contributed by atoms with E-state index in [0.29, 0.717) is 38.6 Å². The number of ether oxygens (including phenoxy) is 2. The lowest BCUT2D eigenvalue weighted by atomic mass is 10.1. The van der Waals surface area contributed by atoms with Crippen LogP contribution in [0, 0.1) is 6.92 Å². The van der Waals surface area contributed by atoms with E-state index in [0.717, 1.165) is 18.4 Å². The number of thioether (sulfide) groups is 1. The van der Waals surface area contributed by atoms with Crippen LogP contribution in [0.2, 0.25) is 0 Å². The predicted octanol–water partition coefficient (Wildman–Crippen LogP) is 7.63. The molecule has 6 nitrogen and oxygen atoms in total. The predicted molar refractivity (Wildman–Crippen MR) is 155 cm³/mol. The Labute approximate surface area is 229 Å². The van der Waals surface area contributed by atoms with Crippen molar-refractivity contribution in [2.45, 2.75) is 72.3 Å². The van der Waals surface area contributed by atoms with Gasteiger partial charge in [-0.2, -0.15) is 0 Å². The molecule has 1 fully saturated rings. The molecule has 1 amide bonds. The number of aromatic carboxylic acids is 1. The molecule has 8 heteroatoms. The first-order valence-corrected chi connectivity index (χ1v) is 14.0. The normalized spacial score (nSPS) is 15.4. The van der Waals surface area contributed by atoms with Crippen LogP contribution in [0.15, 0.2) is 41.3 Å². The van der Waals surface area contributed by atoms with Gasteiger partial charge in [-0.15, -0.1) is 0 Å². The molecule has 3 rings (SSSR count). The van der Waals surface area contributed by atoms with E-state index in [4.69, 9.17) is 21.7 Å². The van der Waals surface area contributed by atoms with Crippen LogP contribution < -0.4 is 14.4 Å². The van der Waals surface area contributed by atoms with Gasteiger partial charge in [-0.3, -0.25) is 9.69 Å². The third-order valence-corrected chi connectivity index (χ3v) is 7.41. The molecule has 37 heavy (non-hydrogen) atoms. The summed E-state index contributed by atoms with van der Waals surface area (Å²) in [4.78, 5) is 26.6. The first-order chi connectivity index (χ1) is 17.7. The first kappa shape index (κ1) is 28.7. The van der Waals surface area contributed by atoms with Gasteiger partial charge in [0.2, 0.25) is 0 Å². The zero-order valence-electron chi connectivity index (χ0n) is 21.9. The molecule has 1 atom stereocenters. The van der Waals surface area contributed by atoms with Crippen molar-refractivity contribution in [1.29, 1.82) is 0 Å². The molecule has 1 saturated heterocycles. The third kappa shape index (κ3) is 7.58. The maximum absolute atomic E-state index is 13.2. The third-order valence-electron chi connectivity index (χ3n) is 6.11. The fourth-order valence-electron chi connectivity index (χ4n) is 4.11. The number of thiocarbonyl (C=S) groups is 1. The molecule has 1 aliphatic rings. The van der Waals surface area contributed by atoms with Crippen LogP contribution in [0.4, 0.5) is 5.69 Å². The molecule has 0 aromatic heterocycles. The maximum Gasteiger partial charge on any atom is 0.336 e. The Kier molecular flexibility index (Phi) is 10.6. The van der Waals surface area contributed by atoms with E-state index in [-0.39, 0.29) is 17.6 Å². The van der Waals surface area contributed by atoms with E-state index in [9.17, 15) is 14.7 Å². The molecule has 1 N–H and O–H groups in total. The van der Waals surface area contributed by atoms with E-state index < -0.39 is 5.97 Å². The summed E-state index contributed by atoms with van der Waals surface area (Å²) in [5, 5.41) is 9.46. The highest BCUT2D eigenvalue weighted by Crippen LogP contribution is 2.38. The van der Waals surface area contributed by atoms with Gasteiger partial charge in [-0.05, 0) is 75.1 Å². The number of aryl methyl sites for hydroxylation is 1. The molecule has 1 heterocycles. The van der Waals surface area contributed by atoms with Crippen LogP contribution in [0.1, 0.15) is 80.8 Å². The van der Waals surface area contributed by atoms with Crippen molar-refractivity contribution in [3.63, 3.8) is 0 Å². The smallest absolute Gasteiger partial charge is 0.336 e. The minimum atomic E-state index is -1.04. The number of carboxylic acids is 1. The average molecular weight is 542 g/mol. The molecule has 198 valence electrons. The van der Waals surface area contributed by atoms with Crippen LogP contribution in [0.25, 0.3) is 6.08 Å². The molecule has 0 aliphatic carbocycles. The summed E-state index contributed by atoms with van der Waals surface area (Å²) in [5.74, 6) is -0.00950. The van der Waals surface area contributed by atoms with E-state index in [1.54, 1.807) is 25.1 Å². The Morgan fingerprint density at radius 2 is 1.86 bits per heavy atom. The molecule has 0 unspecified atom stereocenters. The number of carboxylic acid groups (broad SMARTS) is 1. The molecule has 0 spiro atoms. The second-order valence-corrected chi connectivity index (χ2v) is 10.8. The van der Waals surface area contributed by atoms with Crippen LogP contribution >= 0.6 is 24.0 Å². The highest BCUT2D eigenvalue weighted by atomic mass is 32.2. The van der Waals surface area contributed by atoms with E-state index in [1.807, 2.05) is 25.1 Å². The Morgan fingerprint density at radius 3 is 2.57 bits per heavy atom. The second kappa shape index (κ2) is 13.6. The summed E-state index contributed by atoms with van der Waals surface area (Å²) in [6.07, 6.45) is 8.97. The Morgan fingerprint density at radius 1 is 1.11 bits per heavy atom. The number of amides is 1. The van der Waals surface area contributed by atoms with Gasteiger partial charge >= 0.3 is 5.97 Å². The van der Waals surface area contributed by atoms with Crippen LogP contribution in [-0.2, 0) is 4.79 Å². The monoisotopic (exact) mass is 541 g/mol. The molecule has 0 radical (unpaired) electrons. The van der Waals surface area contributed by atoms with Crippen LogP contribution in [0.5, 0.6) is 11.5 Å². The van der Waals surface area contributed by atoms with Crippen molar-refractivity contribution in [3.05, 3.63) is 58.0 Å². The number of hydrogen-bond donors (Lipinski definition) is 1. The lowest BCUT2D eigenvalue weighted by Gasteiger charge is -2.18.